The minimum atomic E-state index is -0.301. The number of amides is 1. The van der Waals surface area contributed by atoms with E-state index >= 15 is 0 Å². The van der Waals surface area contributed by atoms with Crippen LogP contribution in [0.3, 0.4) is 0 Å². The summed E-state index contributed by atoms with van der Waals surface area (Å²) in [6.45, 7) is 4.99. The topological polar surface area (TPSA) is 46.3 Å². The normalized spacial score (nSPS) is 21.0. The van der Waals surface area contributed by atoms with Gasteiger partial charge in [-0.3, -0.25) is 4.79 Å². The molecule has 1 aliphatic rings. The number of carbonyl (C=O) groups is 1. The van der Waals surface area contributed by atoms with E-state index in [9.17, 15) is 4.79 Å². The number of likely N-dealkylation sites (tertiary alicyclic amines) is 1. The van der Waals surface area contributed by atoms with Crippen LogP contribution in [0.25, 0.3) is 0 Å². The second kappa shape index (κ2) is 4.49. The Bertz CT molecular complexity index is 400. The van der Waals surface area contributed by atoms with Crippen molar-refractivity contribution in [1.82, 2.24) is 4.90 Å². The molecule has 2 rings (SSSR count). The molecule has 1 aromatic carbocycles. The minimum Gasteiger partial charge on any atom is -0.336 e. The summed E-state index contributed by atoms with van der Waals surface area (Å²) >= 11 is 0. The van der Waals surface area contributed by atoms with Gasteiger partial charge in [0.25, 0.3) is 0 Å². The van der Waals surface area contributed by atoms with Crippen molar-refractivity contribution in [2.24, 2.45) is 5.73 Å². The molecule has 2 N–H and O–H groups in total. The van der Waals surface area contributed by atoms with Gasteiger partial charge in [0.1, 0.15) is 0 Å². The Morgan fingerprint density at radius 1 is 1.35 bits per heavy atom. The van der Waals surface area contributed by atoms with Crippen LogP contribution in [0.5, 0.6) is 0 Å². The molecule has 1 atom stereocenters. The van der Waals surface area contributed by atoms with E-state index in [1.54, 1.807) is 0 Å². The molecule has 1 aromatic rings. The molecule has 1 amide bonds. The van der Waals surface area contributed by atoms with Gasteiger partial charge in [-0.1, -0.05) is 30.3 Å². The third-order valence-corrected chi connectivity index (χ3v) is 3.46. The Morgan fingerprint density at radius 3 is 2.53 bits per heavy atom. The maximum absolute atomic E-state index is 11.9. The van der Waals surface area contributed by atoms with Crippen molar-refractivity contribution in [3.63, 3.8) is 0 Å². The third kappa shape index (κ3) is 2.50. The minimum absolute atomic E-state index is 0.0888. The van der Waals surface area contributed by atoms with E-state index < -0.39 is 0 Å². The molecule has 1 saturated heterocycles. The standard InChI is InChI=1S/C14H20N2O/c1-14(2,10-11-6-4-3-5-7-11)16-9-8-12(15)13(16)17/h3-7,12H,8-10,15H2,1-2H3. The summed E-state index contributed by atoms with van der Waals surface area (Å²) in [6.07, 6.45) is 1.64. The highest BCUT2D eigenvalue weighted by Gasteiger charge is 2.38. The average molecular weight is 232 g/mol. The van der Waals surface area contributed by atoms with Crippen molar-refractivity contribution >= 4 is 5.91 Å². The number of hydrogen-bond acceptors (Lipinski definition) is 2. The van der Waals surface area contributed by atoms with Crippen molar-refractivity contribution in [3.05, 3.63) is 35.9 Å². The quantitative estimate of drug-likeness (QED) is 0.859. The molecule has 92 valence electrons. The van der Waals surface area contributed by atoms with Gasteiger partial charge in [0.15, 0.2) is 0 Å². The average Bonchev–Trinajstić information content (AvgIpc) is 2.61. The van der Waals surface area contributed by atoms with Crippen molar-refractivity contribution in [2.45, 2.75) is 38.3 Å². The first kappa shape index (κ1) is 12.1. The summed E-state index contributed by atoms with van der Waals surface area (Å²) < 4.78 is 0. The van der Waals surface area contributed by atoms with Crippen LogP contribution in [-0.2, 0) is 11.2 Å². The molecule has 3 heteroatoms. The largest absolute Gasteiger partial charge is 0.336 e. The van der Waals surface area contributed by atoms with Crippen LogP contribution in [0.4, 0.5) is 0 Å². The van der Waals surface area contributed by atoms with E-state index in [4.69, 9.17) is 5.73 Å². The van der Waals surface area contributed by atoms with Crippen LogP contribution >= 0.6 is 0 Å². The zero-order valence-corrected chi connectivity index (χ0v) is 10.5. The first-order chi connectivity index (χ1) is 8.00. The van der Waals surface area contributed by atoms with Crippen molar-refractivity contribution in [1.29, 1.82) is 0 Å². The fraction of sp³-hybridized carbons (Fsp3) is 0.500. The fourth-order valence-electron chi connectivity index (χ4n) is 2.49. The van der Waals surface area contributed by atoms with E-state index in [0.29, 0.717) is 0 Å². The lowest BCUT2D eigenvalue weighted by atomic mass is 9.93. The lowest BCUT2D eigenvalue weighted by Gasteiger charge is -2.36. The SMILES string of the molecule is CC(C)(Cc1ccccc1)N1CCC(N)C1=O. The first-order valence-corrected chi connectivity index (χ1v) is 6.12. The molecule has 17 heavy (non-hydrogen) atoms. The van der Waals surface area contributed by atoms with Gasteiger partial charge in [0.2, 0.25) is 5.91 Å². The smallest absolute Gasteiger partial charge is 0.240 e. The number of nitrogens with zero attached hydrogens (tertiary/aromatic N) is 1. The predicted octanol–water partition coefficient (Wildman–Crippen LogP) is 1.57. The van der Waals surface area contributed by atoms with Crippen LogP contribution < -0.4 is 5.73 Å². The summed E-state index contributed by atoms with van der Waals surface area (Å²) in [6, 6.07) is 9.97. The highest BCUT2D eigenvalue weighted by Crippen LogP contribution is 2.25. The monoisotopic (exact) mass is 232 g/mol. The summed E-state index contributed by atoms with van der Waals surface area (Å²) in [4.78, 5) is 13.9. The molecule has 3 nitrogen and oxygen atoms in total. The number of rotatable bonds is 3. The number of carbonyl (C=O) groups excluding carboxylic acids is 1. The second-order valence-electron chi connectivity index (χ2n) is 5.36. The summed E-state index contributed by atoms with van der Waals surface area (Å²) in [5, 5.41) is 0. The Labute approximate surface area is 103 Å². The van der Waals surface area contributed by atoms with Crippen LogP contribution in [0.1, 0.15) is 25.8 Å². The highest BCUT2D eigenvalue weighted by atomic mass is 16.2. The molecule has 0 radical (unpaired) electrons. The first-order valence-electron chi connectivity index (χ1n) is 6.12. The zero-order chi connectivity index (χ0) is 12.5. The van der Waals surface area contributed by atoms with Gasteiger partial charge in [-0.2, -0.15) is 0 Å². The van der Waals surface area contributed by atoms with Gasteiger partial charge in [-0.15, -0.1) is 0 Å². The van der Waals surface area contributed by atoms with Gasteiger partial charge < -0.3 is 10.6 Å². The number of benzene rings is 1. The number of hydrogen-bond donors (Lipinski definition) is 1. The molecule has 0 aromatic heterocycles. The highest BCUT2D eigenvalue weighted by molar-refractivity contribution is 5.84. The summed E-state index contributed by atoms with van der Waals surface area (Å²) in [5.74, 6) is 0.0888. The van der Waals surface area contributed by atoms with E-state index in [1.165, 1.54) is 5.56 Å². The Balaban J connectivity index is 2.11. The van der Waals surface area contributed by atoms with Crippen molar-refractivity contribution in [3.8, 4) is 0 Å². The van der Waals surface area contributed by atoms with E-state index in [-0.39, 0.29) is 17.5 Å². The Morgan fingerprint density at radius 2 is 2.00 bits per heavy atom. The molecule has 1 aliphatic heterocycles. The summed E-state index contributed by atoms with van der Waals surface area (Å²) in [5.41, 5.74) is 6.86. The molecule has 1 unspecified atom stereocenters. The lowest BCUT2D eigenvalue weighted by molar-refractivity contribution is -0.133. The van der Waals surface area contributed by atoms with Gasteiger partial charge in [-0.25, -0.2) is 0 Å². The maximum atomic E-state index is 11.9. The van der Waals surface area contributed by atoms with Gasteiger partial charge in [0, 0.05) is 12.1 Å². The molecule has 0 saturated carbocycles. The molecular weight excluding hydrogens is 212 g/mol. The molecule has 0 aliphatic carbocycles. The third-order valence-electron chi connectivity index (χ3n) is 3.46. The Kier molecular flexibility index (Phi) is 3.20. The molecule has 1 fully saturated rings. The van der Waals surface area contributed by atoms with Gasteiger partial charge in [-0.05, 0) is 32.3 Å². The maximum Gasteiger partial charge on any atom is 0.240 e. The zero-order valence-electron chi connectivity index (χ0n) is 10.5. The van der Waals surface area contributed by atoms with E-state index in [2.05, 4.69) is 26.0 Å². The lowest BCUT2D eigenvalue weighted by Crippen LogP contribution is -2.48. The van der Waals surface area contributed by atoms with E-state index in [1.807, 2.05) is 23.1 Å². The molecule has 0 bridgehead atoms. The van der Waals surface area contributed by atoms with Crippen LogP contribution in [0.15, 0.2) is 30.3 Å². The fourth-order valence-corrected chi connectivity index (χ4v) is 2.49. The van der Waals surface area contributed by atoms with Crippen molar-refractivity contribution < 1.29 is 4.79 Å². The molecule has 1 heterocycles. The Hall–Kier alpha value is -1.35. The van der Waals surface area contributed by atoms with Crippen LogP contribution in [0, 0.1) is 0 Å². The van der Waals surface area contributed by atoms with Gasteiger partial charge >= 0.3 is 0 Å². The number of nitrogens with two attached hydrogens (primary N) is 1. The summed E-state index contributed by atoms with van der Waals surface area (Å²) in [7, 11) is 0. The van der Waals surface area contributed by atoms with E-state index in [0.717, 1.165) is 19.4 Å². The van der Waals surface area contributed by atoms with Gasteiger partial charge in [0.05, 0.1) is 6.04 Å². The molecular formula is C14H20N2O. The second-order valence-corrected chi connectivity index (χ2v) is 5.36. The predicted molar refractivity (Wildman–Crippen MR) is 68.5 cm³/mol. The van der Waals surface area contributed by atoms with Crippen LogP contribution in [-0.4, -0.2) is 28.9 Å². The van der Waals surface area contributed by atoms with Crippen molar-refractivity contribution in [2.75, 3.05) is 6.54 Å². The molecule has 0 spiro atoms. The van der Waals surface area contributed by atoms with Crippen LogP contribution in [0.2, 0.25) is 0 Å².